The highest BCUT2D eigenvalue weighted by Crippen LogP contribution is 2.35. The fraction of sp³-hybridized carbons (Fsp3) is 0.545. The van der Waals surface area contributed by atoms with Gasteiger partial charge in [0.25, 0.3) is 0 Å². The zero-order valence-electron chi connectivity index (χ0n) is 25.0. The number of para-hydroxylation sites is 2. The molecule has 6 rings (SSSR count). The molecule has 2 N–H and O–H groups in total. The molecule has 0 bridgehead atoms. The smallest absolute Gasteiger partial charge is 0.326 e. The highest BCUT2D eigenvalue weighted by molar-refractivity contribution is 9.11. The summed E-state index contributed by atoms with van der Waals surface area (Å²) in [5, 5.41) is 10.2. The summed E-state index contributed by atoms with van der Waals surface area (Å²) in [7, 11) is 0. The molecule has 4 heterocycles. The van der Waals surface area contributed by atoms with Crippen molar-refractivity contribution >= 4 is 54.7 Å². The number of phenolic OH excluding ortho intramolecular Hbond substituents is 1. The molecule has 0 saturated carbocycles. The summed E-state index contributed by atoms with van der Waals surface area (Å²) in [6.45, 7) is 4.86. The first-order valence-electron chi connectivity index (χ1n) is 15.9. The van der Waals surface area contributed by atoms with Gasteiger partial charge in [-0.05, 0) is 120 Å². The number of amides is 2. The number of hydrogen-bond donors (Lipinski definition) is 2. The van der Waals surface area contributed by atoms with Gasteiger partial charge in [0, 0.05) is 44.7 Å². The van der Waals surface area contributed by atoms with E-state index in [9.17, 15) is 19.5 Å². The van der Waals surface area contributed by atoms with Crippen LogP contribution in [0.1, 0.15) is 63.0 Å². The maximum Gasteiger partial charge on any atom is 0.326 e. The second-order valence-electron chi connectivity index (χ2n) is 12.6. The van der Waals surface area contributed by atoms with Crippen LogP contribution in [0.5, 0.6) is 5.75 Å². The number of H-pyrrole nitrogens is 1. The number of aromatic amines is 1. The molecular formula is C33H41Br2N5O4. The molecule has 236 valence electrons. The molecule has 3 aromatic rings. The monoisotopic (exact) mass is 729 g/mol. The Morgan fingerprint density at radius 3 is 2.16 bits per heavy atom. The van der Waals surface area contributed by atoms with Gasteiger partial charge in [-0.1, -0.05) is 18.6 Å². The van der Waals surface area contributed by atoms with Crippen LogP contribution in [0, 0.1) is 5.92 Å². The van der Waals surface area contributed by atoms with Crippen molar-refractivity contribution < 1.29 is 14.7 Å². The van der Waals surface area contributed by atoms with E-state index in [2.05, 4.69) is 41.7 Å². The molecule has 1 unspecified atom stereocenters. The molecule has 1 atom stereocenters. The number of rotatable bonds is 7. The average Bonchev–Trinajstić information content (AvgIpc) is 3.39. The minimum absolute atomic E-state index is 0.0202. The summed E-state index contributed by atoms with van der Waals surface area (Å²) in [4.78, 5) is 49.9. The molecule has 3 fully saturated rings. The number of benzene rings is 2. The van der Waals surface area contributed by atoms with E-state index in [1.165, 1.54) is 19.3 Å². The van der Waals surface area contributed by atoms with E-state index in [1.54, 1.807) is 0 Å². The zero-order valence-corrected chi connectivity index (χ0v) is 28.2. The predicted molar refractivity (Wildman–Crippen MR) is 178 cm³/mol. The minimum Gasteiger partial charge on any atom is -0.506 e. The maximum atomic E-state index is 14.0. The normalized spacial score (nSPS) is 19.9. The van der Waals surface area contributed by atoms with Gasteiger partial charge >= 0.3 is 5.69 Å². The largest absolute Gasteiger partial charge is 0.506 e. The molecule has 1 aromatic heterocycles. The van der Waals surface area contributed by atoms with Gasteiger partial charge in [-0.2, -0.15) is 0 Å². The van der Waals surface area contributed by atoms with Crippen molar-refractivity contribution in [1.82, 2.24) is 24.3 Å². The van der Waals surface area contributed by atoms with Gasteiger partial charge in [-0.25, -0.2) is 4.79 Å². The Balaban J connectivity index is 1.13. The third-order valence-corrected chi connectivity index (χ3v) is 11.0. The average molecular weight is 732 g/mol. The van der Waals surface area contributed by atoms with Crippen LogP contribution >= 0.6 is 31.9 Å². The quantitative estimate of drug-likeness (QED) is 0.337. The van der Waals surface area contributed by atoms with E-state index in [1.807, 2.05) is 50.8 Å². The second kappa shape index (κ2) is 13.8. The van der Waals surface area contributed by atoms with Crippen molar-refractivity contribution in [3.05, 3.63) is 61.4 Å². The highest BCUT2D eigenvalue weighted by Gasteiger charge is 2.34. The Bertz CT molecular complexity index is 1530. The van der Waals surface area contributed by atoms with Crippen molar-refractivity contribution in [3.8, 4) is 5.75 Å². The fourth-order valence-electron chi connectivity index (χ4n) is 7.41. The van der Waals surface area contributed by atoms with Crippen molar-refractivity contribution in [1.29, 1.82) is 0 Å². The lowest BCUT2D eigenvalue weighted by Gasteiger charge is -2.41. The zero-order chi connectivity index (χ0) is 30.8. The molecule has 2 amide bonds. The van der Waals surface area contributed by atoms with Crippen LogP contribution in [0.25, 0.3) is 11.0 Å². The number of aromatic nitrogens is 2. The van der Waals surface area contributed by atoms with Crippen molar-refractivity contribution in [3.63, 3.8) is 0 Å². The number of likely N-dealkylation sites (tertiary alicyclic amines) is 3. The summed E-state index contributed by atoms with van der Waals surface area (Å²) in [6.07, 6.45) is 7.71. The van der Waals surface area contributed by atoms with Gasteiger partial charge in [-0.15, -0.1) is 0 Å². The molecular weight excluding hydrogens is 690 g/mol. The highest BCUT2D eigenvalue weighted by atomic mass is 79.9. The number of nitrogens with one attached hydrogen (secondary N) is 1. The van der Waals surface area contributed by atoms with Crippen LogP contribution in [0.3, 0.4) is 0 Å². The van der Waals surface area contributed by atoms with Gasteiger partial charge < -0.3 is 24.8 Å². The number of halogens is 2. The second-order valence-corrected chi connectivity index (χ2v) is 14.3. The van der Waals surface area contributed by atoms with Crippen molar-refractivity contribution in [2.24, 2.45) is 5.92 Å². The Hall–Kier alpha value is -2.63. The molecule has 11 heteroatoms. The number of imidazole rings is 1. The molecule has 0 aliphatic carbocycles. The molecule has 0 spiro atoms. The van der Waals surface area contributed by atoms with Crippen molar-refractivity contribution in [2.75, 3.05) is 39.3 Å². The summed E-state index contributed by atoms with van der Waals surface area (Å²) in [5.41, 5.74) is 2.48. The predicted octanol–water partition coefficient (Wildman–Crippen LogP) is 5.45. The lowest BCUT2D eigenvalue weighted by atomic mass is 9.92. The molecule has 9 nitrogen and oxygen atoms in total. The topological polar surface area (TPSA) is 102 Å². The number of fused-ring (bicyclic) bond motifs is 1. The van der Waals surface area contributed by atoms with E-state index in [-0.39, 0.29) is 35.7 Å². The van der Waals surface area contributed by atoms with E-state index < -0.39 is 5.92 Å². The molecule has 2 aromatic carbocycles. The number of aromatic hydroxyl groups is 1. The first-order chi connectivity index (χ1) is 21.3. The number of carbonyl (C=O) groups is 2. The maximum absolute atomic E-state index is 14.0. The lowest BCUT2D eigenvalue weighted by Crippen LogP contribution is -2.50. The van der Waals surface area contributed by atoms with Crippen LogP contribution in [-0.2, 0) is 16.0 Å². The van der Waals surface area contributed by atoms with Gasteiger partial charge in [0.1, 0.15) is 5.75 Å². The van der Waals surface area contributed by atoms with Gasteiger partial charge in [0.05, 0.1) is 25.9 Å². The van der Waals surface area contributed by atoms with Crippen LogP contribution in [0.15, 0.2) is 50.1 Å². The molecule has 44 heavy (non-hydrogen) atoms. The number of hydrogen-bond acceptors (Lipinski definition) is 5. The van der Waals surface area contributed by atoms with Crippen LogP contribution in [0.4, 0.5) is 0 Å². The molecule has 0 radical (unpaired) electrons. The van der Waals surface area contributed by atoms with E-state index in [4.69, 9.17) is 0 Å². The summed E-state index contributed by atoms with van der Waals surface area (Å²) in [6, 6.07) is 11.9. The Kier molecular flexibility index (Phi) is 9.83. The van der Waals surface area contributed by atoms with Crippen LogP contribution in [0.2, 0.25) is 0 Å². The third kappa shape index (κ3) is 6.79. The van der Waals surface area contributed by atoms with Crippen LogP contribution in [-0.4, -0.2) is 86.5 Å². The number of carbonyl (C=O) groups excluding carboxylic acids is 2. The Morgan fingerprint density at radius 1 is 0.864 bits per heavy atom. The van der Waals surface area contributed by atoms with Crippen LogP contribution < -0.4 is 5.69 Å². The summed E-state index contributed by atoms with van der Waals surface area (Å²) in [5.74, 6) is -0.361. The molecule has 3 aliphatic heterocycles. The summed E-state index contributed by atoms with van der Waals surface area (Å²) >= 11 is 6.84. The van der Waals surface area contributed by atoms with Crippen molar-refractivity contribution in [2.45, 2.75) is 69.9 Å². The number of nitrogens with zero attached hydrogens (tertiary/aromatic N) is 4. The lowest BCUT2D eigenvalue weighted by molar-refractivity contribution is -0.143. The Labute approximate surface area is 274 Å². The number of phenols is 1. The van der Waals surface area contributed by atoms with Gasteiger partial charge in [0.2, 0.25) is 11.8 Å². The molecule has 3 aliphatic rings. The SMILES string of the molecule is O=C(CC(Cc1cc(Br)c(O)c(Br)c1)C(=O)N1CCC(N2CCCCC2)CC1)N1CCC(n2c(=O)[nH]c3ccccc32)CC1. The summed E-state index contributed by atoms with van der Waals surface area (Å²) < 4.78 is 2.94. The van der Waals surface area contributed by atoms with E-state index in [0.29, 0.717) is 47.3 Å². The first-order valence-corrected chi connectivity index (χ1v) is 17.5. The van der Waals surface area contributed by atoms with Gasteiger partial charge in [-0.3, -0.25) is 14.2 Å². The van der Waals surface area contributed by atoms with Gasteiger partial charge in [0.15, 0.2) is 0 Å². The van der Waals surface area contributed by atoms with E-state index in [0.717, 1.165) is 55.6 Å². The molecule has 3 saturated heterocycles. The third-order valence-electron chi connectivity index (χ3n) is 9.82. The van der Waals surface area contributed by atoms with E-state index >= 15 is 0 Å². The Morgan fingerprint density at radius 2 is 1.48 bits per heavy atom. The fourth-order valence-corrected chi connectivity index (χ4v) is 8.69. The first kappa shape index (κ1) is 31.4. The minimum atomic E-state index is -0.494. The standard InChI is InChI=1S/C33H41Br2N5O4/c34-26-19-22(20-27(35)31(26)42)18-23(32(43)39-16-8-24(9-17-39)37-12-4-1-5-13-37)21-30(41)38-14-10-25(11-15-38)40-29-7-3-2-6-28(29)36-33(40)44/h2-3,6-7,19-20,23-25,42H,1,4-5,8-18,21H2,(H,36,44). The number of piperidine rings is 3.